The summed E-state index contributed by atoms with van der Waals surface area (Å²) in [6.45, 7) is 3.35. The van der Waals surface area contributed by atoms with Gasteiger partial charge in [-0.1, -0.05) is 23.4 Å². The highest BCUT2D eigenvalue weighted by atomic mass is 79.9. The number of para-hydroxylation sites is 1. The van der Waals surface area contributed by atoms with Gasteiger partial charge in [-0.3, -0.25) is 19.1 Å². The van der Waals surface area contributed by atoms with Crippen LogP contribution in [-0.2, 0) is 6.54 Å². The molecule has 0 radical (unpaired) electrons. The smallest absolute Gasteiger partial charge is 0.265 e. The van der Waals surface area contributed by atoms with Crippen molar-refractivity contribution in [2.45, 2.75) is 13.5 Å². The lowest BCUT2D eigenvalue weighted by Crippen LogP contribution is -2.34. The van der Waals surface area contributed by atoms with E-state index in [4.69, 9.17) is 0 Å². The summed E-state index contributed by atoms with van der Waals surface area (Å²) in [5, 5.41) is 8.75. The molecule has 0 aliphatic carbocycles. The summed E-state index contributed by atoms with van der Waals surface area (Å²) >= 11 is 3.19. The SMILES string of the molecule is Cc1nc2ccccc2c(=O)n1-c1ccc(C(=O)N(C)CCN(C)Cc2cn(-c3cccc(Br)c3F)nn2)cc1. The summed E-state index contributed by atoms with van der Waals surface area (Å²) in [7, 11) is 3.67. The maximum atomic E-state index is 14.4. The first kappa shape index (κ1) is 27.4. The number of rotatable bonds is 8. The number of hydrogen-bond donors (Lipinski definition) is 0. The Labute approximate surface area is 238 Å². The lowest BCUT2D eigenvalue weighted by Gasteiger charge is -2.22. The predicted octanol–water partition coefficient (Wildman–Crippen LogP) is 4.38. The van der Waals surface area contributed by atoms with Crippen molar-refractivity contribution in [1.82, 2.24) is 34.3 Å². The lowest BCUT2D eigenvalue weighted by atomic mass is 10.1. The van der Waals surface area contributed by atoms with Gasteiger partial charge in [-0.05, 0) is 78.4 Å². The number of likely N-dealkylation sites (N-methyl/N-ethyl adjacent to an activating group) is 2. The van der Waals surface area contributed by atoms with E-state index in [-0.39, 0.29) is 11.5 Å². The molecule has 0 spiro atoms. The average Bonchev–Trinajstić information content (AvgIpc) is 3.41. The Balaban J connectivity index is 1.20. The molecule has 0 unspecified atom stereocenters. The van der Waals surface area contributed by atoms with Gasteiger partial charge in [-0.15, -0.1) is 5.10 Å². The summed E-state index contributed by atoms with van der Waals surface area (Å²) in [5.74, 6) is 0.0399. The van der Waals surface area contributed by atoms with Crippen LogP contribution in [0.15, 0.2) is 82.2 Å². The third-order valence-electron chi connectivity index (χ3n) is 6.63. The summed E-state index contributed by atoms with van der Waals surface area (Å²) in [4.78, 5) is 34.3. The van der Waals surface area contributed by atoms with Crippen molar-refractivity contribution in [3.05, 3.63) is 111 Å². The summed E-state index contributed by atoms with van der Waals surface area (Å²) in [6.07, 6.45) is 1.69. The van der Waals surface area contributed by atoms with Crippen LogP contribution in [-0.4, -0.2) is 67.4 Å². The first-order valence-corrected chi connectivity index (χ1v) is 13.4. The molecule has 0 atom stereocenters. The van der Waals surface area contributed by atoms with Crippen LogP contribution in [0.25, 0.3) is 22.3 Å². The molecule has 0 bridgehead atoms. The maximum Gasteiger partial charge on any atom is 0.265 e. The van der Waals surface area contributed by atoms with Crippen LogP contribution in [0.2, 0.25) is 0 Å². The van der Waals surface area contributed by atoms with Crippen LogP contribution in [0.1, 0.15) is 21.9 Å². The molecule has 0 saturated carbocycles. The van der Waals surface area contributed by atoms with E-state index in [1.54, 1.807) is 78.2 Å². The zero-order chi connectivity index (χ0) is 28.4. The van der Waals surface area contributed by atoms with Crippen molar-refractivity contribution >= 4 is 32.7 Å². The highest BCUT2D eigenvalue weighted by molar-refractivity contribution is 9.10. The van der Waals surface area contributed by atoms with Gasteiger partial charge in [-0.2, -0.15) is 0 Å². The second-order valence-corrected chi connectivity index (χ2v) is 10.4. The first-order chi connectivity index (χ1) is 19.2. The Hall–Kier alpha value is -4.22. The molecule has 11 heteroatoms. The highest BCUT2D eigenvalue weighted by Gasteiger charge is 2.16. The lowest BCUT2D eigenvalue weighted by molar-refractivity contribution is 0.0781. The fourth-order valence-electron chi connectivity index (χ4n) is 4.46. The number of carbonyl (C=O) groups is 1. The molecule has 40 heavy (non-hydrogen) atoms. The number of aryl methyl sites for hydroxylation is 1. The van der Waals surface area contributed by atoms with E-state index >= 15 is 0 Å². The molecule has 204 valence electrons. The minimum atomic E-state index is -0.406. The van der Waals surface area contributed by atoms with E-state index in [1.165, 1.54) is 4.68 Å². The number of benzene rings is 3. The molecular formula is C29H27BrFN7O2. The van der Waals surface area contributed by atoms with E-state index < -0.39 is 5.82 Å². The average molecular weight is 604 g/mol. The summed E-state index contributed by atoms with van der Waals surface area (Å²) in [6, 6.07) is 19.2. The van der Waals surface area contributed by atoms with Gasteiger partial charge in [0.2, 0.25) is 0 Å². The number of aromatic nitrogens is 5. The molecule has 0 saturated heterocycles. The third-order valence-corrected chi connectivity index (χ3v) is 7.24. The molecule has 5 aromatic rings. The van der Waals surface area contributed by atoms with E-state index in [0.29, 0.717) is 63.5 Å². The standard InChI is InChI=1S/C29H27BrFN7O2/c1-19-32-25-9-5-4-7-23(25)29(40)38(19)22-13-11-20(12-14-22)28(39)36(3)16-15-35(2)17-21-18-37(34-33-21)26-10-6-8-24(30)27(26)31/h4-14,18H,15-17H2,1-3H3. The Morgan fingerprint density at radius 1 is 1.00 bits per heavy atom. The zero-order valence-electron chi connectivity index (χ0n) is 22.3. The van der Waals surface area contributed by atoms with Crippen LogP contribution in [0.4, 0.5) is 4.39 Å². The van der Waals surface area contributed by atoms with Crippen molar-refractivity contribution < 1.29 is 9.18 Å². The monoisotopic (exact) mass is 603 g/mol. The summed E-state index contributed by atoms with van der Waals surface area (Å²) < 4.78 is 17.7. The Morgan fingerprint density at radius 2 is 1.75 bits per heavy atom. The van der Waals surface area contributed by atoms with Crippen LogP contribution in [0.3, 0.4) is 0 Å². The second-order valence-electron chi connectivity index (χ2n) is 9.56. The Morgan fingerprint density at radius 3 is 2.52 bits per heavy atom. The van der Waals surface area contributed by atoms with Gasteiger partial charge in [0.05, 0.1) is 33.0 Å². The number of carbonyl (C=O) groups excluding carboxylic acids is 1. The molecule has 9 nitrogen and oxygen atoms in total. The minimum absolute atomic E-state index is 0.128. The Kier molecular flexibility index (Phi) is 7.85. The summed E-state index contributed by atoms with van der Waals surface area (Å²) in [5.41, 5.74) is 2.67. The van der Waals surface area contributed by atoms with Crippen LogP contribution in [0.5, 0.6) is 0 Å². The van der Waals surface area contributed by atoms with Gasteiger partial charge in [0.25, 0.3) is 11.5 Å². The molecule has 3 aromatic carbocycles. The topological polar surface area (TPSA) is 89.2 Å². The molecule has 1 amide bonds. The number of nitrogens with zero attached hydrogens (tertiary/aromatic N) is 7. The number of amides is 1. The van der Waals surface area contributed by atoms with Gasteiger partial charge in [0.1, 0.15) is 11.5 Å². The second kappa shape index (κ2) is 11.5. The maximum absolute atomic E-state index is 14.4. The number of halogens is 2. The van der Waals surface area contributed by atoms with Crippen LogP contribution in [0, 0.1) is 12.7 Å². The minimum Gasteiger partial charge on any atom is -0.340 e. The van der Waals surface area contributed by atoms with Crippen molar-refractivity contribution in [1.29, 1.82) is 0 Å². The van der Waals surface area contributed by atoms with Gasteiger partial charge in [-0.25, -0.2) is 14.1 Å². The molecule has 0 fully saturated rings. The number of hydrogen-bond acceptors (Lipinski definition) is 6. The molecule has 2 heterocycles. The normalized spacial score (nSPS) is 11.3. The van der Waals surface area contributed by atoms with Crippen LogP contribution >= 0.6 is 15.9 Å². The van der Waals surface area contributed by atoms with Gasteiger partial charge < -0.3 is 4.90 Å². The van der Waals surface area contributed by atoms with Gasteiger partial charge >= 0.3 is 0 Å². The van der Waals surface area contributed by atoms with Crippen molar-refractivity contribution in [2.75, 3.05) is 27.2 Å². The van der Waals surface area contributed by atoms with E-state index in [2.05, 4.69) is 31.2 Å². The zero-order valence-corrected chi connectivity index (χ0v) is 23.8. The van der Waals surface area contributed by atoms with Gasteiger partial charge in [0, 0.05) is 32.2 Å². The third kappa shape index (κ3) is 5.56. The first-order valence-electron chi connectivity index (χ1n) is 12.6. The fourth-order valence-corrected chi connectivity index (χ4v) is 4.81. The largest absolute Gasteiger partial charge is 0.340 e. The quantitative estimate of drug-likeness (QED) is 0.261. The van der Waals surface area contributed by atoms with Crippen LogP contribution < -0.4 is 5.56 Å². The molecule has 0 N–H and O–H groups in total. The highest BCUT2D eigenvalue weighted by Crippen LogP contribution is 2.21. The fraction of sp³-hybridized carbons (Fsp3) is 0.207. The van der Waals surface area contributed by atoms with E-state index in [0.717, 1.165) is 0 Å². The van der Waals surface area contributed by atoms with Crippen molar-refractivity contribution in [3.8, 4) is 11.4 Å². The van der Waals surface area contributed by atoms with E-state index in [9.17, 15) is 14.0 Å². The van der Waals surface area contributed by atoms with Crippen molar-refractivity contribution in [2.24, 2.45) is 0 Å². The number of fused-ring (bicyclic) bond motifs is 1. The molecule has 0 aliphatic heterocycles. The predicted molar refractivity (Wildman–Crippen MR) is 154 cm³/mol. The molecule has 5 rings (SSSR count). The van der Waals surface area contributed by atoms with E-state index in [1.807, 2.05) is 30.1 Å². The molecular weight excluding hydrogens is 577 g/mol. The molecule has 2 aromatic heterocycles. The van der Waals surface area contributed by atoms with Gasteiger partial charge in [0.15, 0.2) is 5.82 Å². The Bertz CT molecular complexity index is 1750. The molecule has 0 aliphatic rings. The van der Waals surface area contributed by atoms with Crippen molar-refractivity contribution in [3.63, 3.8) is 0 Å².